The molecule has 0 radical (unpaired) electrons. The molecular formula is C25H33NO2. The summed E-state index contributed by atoms with van der Waals surface area (Å²) in [6.07, 6.45) is 6.39. The lowest BCUT2D eigenvalue weighted by Crippen LogP contribution is -2.41. The van der Waals surface area contributed by atoms with Crippen molar-refractivity contribution in [2.75, 3.05) is 27.7 Å². The molecular weight excluding hydrogens is 346 g/mol. The smallest absolute Gasteiger partial charge is 0.118 e. The largest absolute Gasteiger partial charge is 0.497 e. The van der Waals surface area contributed by atoms with Crippen LogP contribution in [0.1, 0.15) is 42.4 Å². The third-order valence-electron chi connectivity index (χ3n) is 5.83. The van der Waals surface area contributed by atoms with Gasteiger partial charge in [0.1, 0.15) is 11.4 Å². The first kappa shape index (κ1) is 20.6. The topological polar surface area (TPSA) is 32.7 Å². The molecule has 150 valence electrons. The number of methoxy groups -OCH3 is 1. The van der Waals surface area contributed by atoms with Crippen molar-refractivity contribution in [1.29, 1.82) is 0 Å². The molecule has 1 aliphatic rings. The first-order valence-electron chi connectivity index (χ1n) is 10.2. The molecule has 0 aliphatic heterocycles. The van der Waals surface area contributed by atoms with Crippen molar-refractivity contribution in [3.05, 3.63) is 70.8 Å². The molecule has 1 saturated carbocycles. The van der Waals surface area contributed by atoms with Gasteiger partial charge in [0.15, 0.2) is 0 Å². The number of aryl methyl sites for hydroxylation is 1. The Balaban J connectivity index is 2.11. The van der Waals surface area contributed by atoms with E-state index in [2.05, 4.69) is 68.4 Å². The summed E-state index contributed by atoms with van der Waals surface area (Å²) in [5.41, 5.74) is 3.47. The van der Waals surface area contributed by atoms with E-state index in [1.54, 1.807) is 7.11 Å². The van der Waals surface area contributed by atoms with Crippen molar-refractivity contribution >= 4 is 6.08 Å². The lowest BCUT2D eigenvalue weighted by atomic mass is 9.73. The van der Waals surface area contributed by atoms with E-state index in [-0.39, 0.29) is 5.92 Å². The zero-order valence-electron chi connectivity index (χ0n) is 17.6. The van der Waals surface area contributed by atoms with Crippen LogP contribution in [0.15, 0.2) is 54.1 Å². The van der Waals surface area contributed by atoms with Crippen LogP contribution < -0.4 is 4.74 Å². The van der Waals surface area contributed by atoms with Gasteiger partial charge in [-0.3, -0.25) is 0 Å². The van der Waals surface area contributed by atoms with Gasteiger partial charge in [-0.2, -0.15) is 0 Å². The Bertz CT molecular complexity index is 810. The molecule has 3 nitrogen and oxygen atoms in total. The molecule has 0 spiro atoms. The molecule has 0 bridgehead atoms. The van der Waals surface area contributed by atoms with Crippen LogP contribution in [0.2, 0.25) is 0 Å². The Morgan fingerprint density at radius 1 is 1.14 bits per heavy atom. The number of hydrogen-bond donors (Lipinski definition) is 1. The zero-order chi connectivity index (χ0) is 20.1. The fourth-order valence-corrected chi connectivity index (χ4v) is 4.42. The molecule has 1 aliphatic carbocycles. The molecule has 2 aromatic rings. The molecule has 1 N–H and O–H groups in total. The molecule has 1 fully saturated rings. The predicted octanol–water partition coefficient (Wildman–Crippen LogP) is 5.03. The maximum absolute atomic E-state index is 12.3. The van der Waals surface area contributed by atoms with Gasteiger partial charge in [0.05, 0.1) is 7.11 Å². The average Bonchev–Trinajstić information content (AvgIpc) is 2.83. The van der Waals surface area contributed by atoms with Crippen LogP contribution in [0.25, 0.3) is 6.08 Å². The fraction of sp³-hybridized carbons (Fsp3) is 0.440. The number of benzene rings is 2. The molecule has 2 unspecified atom stereocenters. The summed E-state index contributed by atoms with van der Waals surface area (Å²) in [5.74, 6) is 1.01. The van der Waals surface area contributed by atoms with E-state index < -0.39 is 5.60 Å². The van der Waals surface area contributed by atoms with Gasteiger partial charge < -0.3 is 14.7 Å². The van der Waals surface area contributed by atoms with E-state index in [0.29, 0.717) is 0 Å². The summed E-state index contributed by atoms with van der Waals surface area (Å²) in [5, 5.41) is 12.3. The Kier molecular flexibility index (Phi) is 6.58. The van der Waals surface area contributed by atoms with E-state index in [1.807, 2.05) is 12.1 Å². The van der Waals surface area contributed by atoms with Crippen molar-refractivity contribution in [2.24, 2.45) is 5.92 Å². The third-order valence-corrected chi connectivity index (χ3v) is 5.83. The molecule has 0 aromatic heterocycles. The lowest BCUT2D eigenvalue weighted by molar-refractivity contribution is 0.000444. The van der Waals surface area contributed by atoms with E-state index in [9.17, 15) is 5.11 Å². The van der Waals surface area contributed by atoms with Crippen molar-refractivity contribution in [2.45, 2.75) is 38.2 Å². The van der Waals surface area contributed by atoms with Crippen molar-refractivity contribution < 1.29 is 9.84 Å². The number of aliphatic hydroxyl groups is 1. The van der Waals surface area contributed by atoms with Crippen LogP contribution in [-0.2, 0) is 5.60 Å². The minimum absolute atomic E-state index is 0.163. The Morgan fingerprint density at radius 2 is 1.89 bits per heavy atom. The average molecular weight is 380 g/mol. The van der Waals surface area contributed by atoms with E-state index >= 15 is 0 Å². The number of hydrogen-bond acceptors (Lipinski definition) is 3. The van der Waals surface area contributed by atoms with E-state index in [1.165, 1.54) is 5.56 Å². The summed E-state index contributed by atoms with van der Waals surface area (Å²) in [4.78, 5) is 2.20. The molecule has 2 atom stereocenters. The monoisotopic (exact) mass is 379 g/mol. The molecule has 3 heteroatoms. The van der Waals surface area contributed by atoms with Gasteiger partial charge in [-0.15, -0.1) is 0 Å². The molecule has 0 amide bonds. The van der Waals surface area contributed by atoms with Crippen molar-refractivity contribution in [3.8, 4) is 5.75 Å². The maximum atomic E-state index is 12.3. The Morgan fingerprint density at radius 3 is 2.54 bits per heavy atom. The van der Waals surface area contributed by atoms with Gasteiger partial charge in [-0.25, -0.2) is 0 Å². The summed E-state index contributed by atoms with van der Waals surface area (Å²) in [6, 6.07) is 16.5. The van der Waals surface area contributed by atoms with Crippen LogP contribution in [0.5, 0.6) is 5.75 Å². The van der Waals surface area contributed by atoms with Crippen molar-refractivity contribution in [1.82, 2.24) is 4.90 Å². The van der Waals surface area contributed by atoms with Gasteiger partial charge in [0.2, 0.25) is 0 Å². The van der Waals surface area contributed by atoms with Crippen LogP contribution in [0.4, 0.5) is 0 Å². The van der Waals surface area contributed by atoms with Crippen LogP contribution >= 0.6 is 0 Å². The standard InChI is InChI=1S/C25H33NO2/c1-19-8-7-11-21(16-19)25(27)22(9-5-6-10-23(25)18-26(2)3)17-20-12-14-24(28-4)15-13-20/h7-8,11-17,23,27H,5-6,9-10,18H2,1-4H3/b22-17+. The summed E-state index contributed by atoms with van der Waals surface area (Å²) >= 11 is 0. The summed E-state index contributed by atoms with van der Waals surface area (Å²) in [6.45, 7) is 2.96. The Labute approximate surface area is 169 Å². The number of nitrogens with zero attached hydrogens (tertiary/aromatic N) is 1. The van der Waals surface area contributed by atoms with E-state index in [0.717, 1.165) is 54.7 Å². The second-order valence-corrected chi connectivity index (χ2v) is 8.28. The molecule has 3 rings (SSSR count). The molecule has 28 heavy (non-hydrogen) atoms. The number of ether oxygens (including phenoxy) is 1. The maximum Gasteiger partial charge on any atom is 0.118 e. The van der Waals surface area contributed by atoms with Crippen LogP contribution in [0, 0.1) is 12.8 Å². The third kappa shape index (κ3) is 4.48. The van der Waals surface area contributed by atoms with Crippen molar-refractivity contribution in [3.63, 3.8) is 0 Å². The zero-order valence-corrected chi connectivity index (χ0v) is 17.6. The second-order valence-electron chi connectivity index (χ2n) is 8.28. The summed E-state index contributed by atoms with van der Waals surface area (Å²) < 4.78 is 5.29. The Hall–Kier alpha value is -2.10. The normalized spacial score (nSPS) is 24.4. The quantitative estimate of drug-likeness (QED) is 0.740. The van der Waals surface area contributed by atoms with Gasteiger partial charge in [0, 0.05) is 12.5 Å². The minimum atomic E-state index is -0.952. The highest BCUT2D eigenvalue weighted by Crippen LogP contribution is 2.45. The second kappa shape index (κ2) is 8.93. The predicted molar refractivity (Wildman–Crippen MR) is 117 cm³/mol. The first-order chi connectivity index (χ1) is 13.4. The molecule has 2 aromatic carbocycles. The fourth-order valence-electron chi connectivity index (χ4n) is 4.42. The first-order valence-corrected chi connectivity index (χ1v) is 10.2. The van der Waals surface area contributed by atoms with Crippen LogP contribution in [-0.4, -0.2) is 37.8 Å². The molecule has 0 heterocycles. The van der Waals surface area contributed by atoms with E-state index in [4.69, 9.17) is 4.74 Å². The lowest BCUT2D eigenvalue weighted by Gasteiger charge is -2.39. The highest BCUT2D eigenvalue weighted by atomic mass is 16.5. The molecule has 0 saturated heterocycles. The summed E-state index contributed by atoms with van der Waals surface area (Å²) in [7, 11) is 5.87. The highest BCUT2D eigenvalue weighted by molar-refractivity contribution is 5.58. The highest BCUT2D eigenvalue weighted by Gasteiger charge is 2.42. The van der Waals surface area contributed by atoms with Gasteiger partial charge in [-0.05, 0) is 69.1 Å². The van der Waals surface area contributed by atoms with Gasteiger partial charge in [-0.1, -0.05) is 54.5 Å². The number of rotatable bonds is 5. The van der Waals surface area contributed by atoms with Gasteiger partial charge in [0.25, 0.3) is 0 Å². The van der Waals surface area contributed by atoms with Gasteiger partial charge >= 0.3 is 0 Å². The van der Waals surface area contributed by atoms with Crippen LogP contribution in [0.3, 0.4) is 0 Å². The minimum Gasteiger partial charge on any atom is -0.497 e. The SMILES string of the molecule is COc1ccc(/C=C2\CCCCC(CN(C)C)C2(O)c2cccc(C)c2)cc1.